The number of thiocarbonyl (C=S) groups is 1. The summed E-state index contributed by atoms with van der Waals surface area (Å²) in [6.07, 6.45) is 1.76. The molecule has 23 heavy (non-hydrogen) atoms. The number of benzene rings is 1. The third-order valence-electron chi connectivity index (χ3n) is 3.61. The van der Waals surface area contributed by atoms with Crippen molar-refractivity contribution < 1.29 is 4.74 Å². The molecule has 1 aliphatic rings. The second-order valence-electron chi connectivity index (χ2n) is 5.57. The molecule has 1 saturated heterocycles. The molecule has 0 radical (unpaired) electrons. The molecular formula is C16H25N5OS. The normalized spacial score (nSPS) is 15.6. The molecule has 2 N–H and O–H groups in total. The summed E-state index contributed by atoms with van der Waals surface area (Å²) < 4.78 is 5.32. The van der Waals surface area contributed by atoms with Crippen molar-refractivity contribution in [3.63, 3.8) is 0 Å². The molecule has 126 valence electrons. The second kappa shape index (κ2) is 9.44. The molecule has 0 aliphatic carbocycles. The van der Waals surface area contributed by atoms with Crippen molar-refractivity contribution in [2.45, 2.75) is 0 Å². The van der Waals surface area contributed by atoms with Gasteiger partial charge in [-0.05, 0) is 29.9 Å². The van der Waals surface area contributed by atoms with Crippen molar-refractivity contribution >= 4 is 29.2 Å². The molecule has 1 aliphatic heterocycles. The van der Waals surface area contributed by atoms with Gasteiger partial charge in [-0.3, -0.25) is 10.3 Å². The SMILES string of the molecule is CN(C)c1ccc(/C=N\NC(=S)NCCN2CCOCC2)cc1. The van der Waals surface area contributed by atoms with Crippen LogP contribution < -0.4 is 15.6 Å². The van der Waals surface area contributed by atoms with Crippen LogP contribution in [0, 0.1) is 0 Å². The maximum Gasteiger partial charge on any atom is 0.187 e. The largest absolute Gasteiger partial charge is 0.379 e. The number of hydrogen-bond donors (Lipinski definition) is 2. The van der Waals surface area contributed by atoms with E-state index < -0.39 is 0 Å². The Hall–Kier alpha value is -1.70. The minimum atomic E-state index is 0.541. The smallest absolute Gasteiger partial charge is 0.187 e. The lowest BCUT2D eigenvalue weighted by molar-refractivity contribution is 0.0389. The molecule has 0 spiro atoms. The third kappa shape index (κ3) is 6.52. The number of ether oxygens (including phenoxy) is 1. The first-order valence-electron chi connectivity index (χ1n) is 7.79. The summed E-state index contributed by atoms with van der Waals surface area (Å²) in [5.74, 6) is 0. The molecule has 0 saturated carbocycles. The van der Waals surface area contributed by atoms with Gasteiger partial charge in [0.05, 0.1) is 19.4 Å². The van der Waals surface area contributed by atoms with Crippen LogP contribution in [0.4, 0.5) is 5.69 Å². The first-order chi connectivity index (χ1) is 11.1. The van der Waals surface area contributed by atoms with Crippen LogP contribution in [0.1, 0.15) is 5.56 Å². The Morgan fingerprint density at radius 3 is 2.65 bits per heavy atom. The van der Waals surface area contributed by atoms with Gasteiger partial charge in [0.15, 0.2) is 5.11 Å². The van der Waals surface area contributed by atoms with Crippen molar-refractivity contribution in [2.24, 2.45) is 5.10 Å². The van der Waals surface area contributed by atoms with Gasteiger partial charge in [0.2, 0.25) is 0 Å². The highest BCUT2D eigenvalue weighted by molar-refractivity contribution is 7.80. The van der Waals surface area contributed by atoms with Crippen molar-refractivity contribution in [3.8, 4) is 0 Å². The van der Waals surface area contributed by atoms with Gasteiger partial charge in [0.25, 0.3) is 0 Å². The van der Waals surface area contributed by atoms with Gasteiger partial charge < -0.3 is 15.0 Å². The Morgan fingerprint density at radius 2 is 2.00 bits per heavy atom. The van der Waals surface area contributed by atoms with E-state index in [9.17, 15) is 0 Å². The van der Waals surface area contributed by atoms with Gasteiger partial charge in [-0.25, -0.2) is 0 Å². The number of hydrazone groups is 1. The number of hydrogen-bond acceptors (Lipinski definition) is 5. The Balaban J connectivity index is 1.65. The topological polar surface area (TPSA) is 52.1 Å². The standard InChI is InChI=1S/C16H25N5OS/c1-20(2)15-5-3-14(4-6-15)13-18-19-16(23)17-7-8-21-9-11-22-12-10-21/h3-6,13H,7-12H2,1-2H3,(H2,17,19,23)/b18-13-. The van der Waals surface area contributed by atoms with E-state index in [0.29, 0.717) is 5.11 Å². The highest BCUT2D eigenvalue weighted by atomic mass is 32.1. The number of anilines is 1. The van der Waals surface area contributed by atoms with Gasteiger partial charge in [0.1, 0.15) is 0 Å². The number of morpholine rings is 1. The number of nitrogens with one attached hydrogen (secondary N) is 2. The second-order valence-corrected chi connectivity index (χ2v) is 5.97. The van der Waals surface area contributed by atoms with E-state index in [0.717, 1.165) is 50.6 Å². The summed E-state index contributed by atoms with van der Waals surface area (Å²) in [5.41, 5.74) is 5.03. The van der Waals surface area contributed by atoms with Gasteiger partial charge in [-0.2, -0.15) is 5.10 Å². The molecule has 1 heterocycles. The van der Waals surface area contributed by atoms with Gasteiger partial charge >= 0.3 is 0 Å². The van der Waals surface area contributed by atoms with E-state index >= 15 is 0 Å². The lowest BCUT2D eigenvalue weighted by atomic mass is 10.2. The van der Waals surface area contributed by atoms with Gasteiger partial charge in [-0.15, -0.1) is 0 Å². The van der Waals surface area contributed by atoms with E-state index in [1.165, 1.54) is 0 Å². The Morgan fingerprint density at radius 1 is 1.30 bits per heavy atom. The molecule has 1 aromatic carbocycles. The summed E-state index contributed by atoms with van der Waals surface area (Å²) in [6.45, 7) is 5.38. The molecule has 0 aromatic heterocycles. The summed E-state index contributed by atoms with van der Waals surface area (Å²) in [7, 11) is 4.04. The average molecular weight is 335 g/mol. The van der Waals surface area contributed by atoms with Crippen LogP contribution >= 0.6 is 12.2 Å². The molecule has 0 unspecified atom stereocenters. The Bertz CT molecular complexity index is 512. The maximum atomic E-state index is 5.32. The molecule has 0 bridgehead atoms. The molecule has 0 amide bonds. The fourth-order valence-corrected chi connectivity index (χ4v) is 2.37. The molecule has 1 fully saturated rings. The number of nitrogens with zero attached hydrogens (tertiary/aromatic N) is 3. The van der Waals surface area contributed by atoms with E-state index in [-0.39, 0.29) is 0 Å². The molecule has 1 aromatic rings. The van der Waals surface area contributed by atoms with Crippen LogP contribution in [0.25, 0.3) is 0 Å². The van der Waals surface area contributed by atoms with E-state index in [4.69, 9.17) is 17.0 Å². The van der Waals surface area contributed by atoms with Crippen LogP contribution in [-0.2, 0) is 4.74 Å². The number of rotatable bonds is 6. The van der Waals surface area contributed by atoms with Crippen LogP contribution in [0.2, 0.25) is 0 Å². The summed E-state index contributed by atoms with van der Waals surface area (Å²) in [4.78, 5) is 4.42. The Labute approximate surface area is 143 Å². The molecule has 7 heteroatoms. The van der Waals surface area contributed by atoms with Crippen molar-refractivity contribution in [2.75, 3.05) is 58.4 Å². The van der Waals surface area contributed by atoms with Crippen LogP contribution in [0.3, 0.4) is 0 Å². The molecule has 2 rings (SSSR count). The lowest BCUT2D eigenvalue weighted by Gasteiger charge is -2.26. The third-order valence-corrected chi connectivity index (χ3v) is 3.84. The van der Waals surface area contributed by atoms with Crippen LogP contribution in [0.5, 0.6) is 0 Å². The zero-order valence-electron chi connectivity index (χ0n) is 13.8. The predicted octanol–water partition coefficient (Wildman–Crippen LogP) is 0.883. The zero-order valence-corrected chi connectivity index (χ0v) is 14.6. The Kier molecular flexibility index (Phi) is 7.25. The van der Waals surface area contributed by atoms with E-state index in [1.54, 1.807) is 6.21 Å². The first kappa shape index (κ1) is 17.7. The molecule has 0 atom stereocenters. The lowest BCUT2D eigenvalue weighted by Crippen LogP contribution is -2.42. The summed E-state index contributed by atoms with van der Waals surface area (Å²) >= 11 is 5.21. The van der Waals surface area contributed by atoms with E-state index in [1.807, 2.05) is 26.2 Å². The van der Waals surface area contributed by atoms with Gasteiger partial charge in [-0.1, -0.05) is 12.1 Å². The van der Waals surface area contributed by atoms with Crippen molar-refractivity contribution in [1.29, 1.82) is 0 Å². The van der Waals surface area contributed by atoms with Crippen molar-refractivity contribution in [3.05, 3.63) is 29.8 Å². The summed E-state index contributed by atoms with van der Waals surface area (Å²) in [5, 5.41) is 7.85. The fraction of sp³-hybridized carbons (Fsp3) is 0.500. The first-order valence-corrected chi connectivity index (χ1v) is 8.20. The van der Waals surface area contributed by atoms with Crippen LogP contribution in [-0.4, -0.2) is 69.7 Å². The monoisotopic (exact) mass is 335 g/mol. The quantitative estimate of drug-likeness (QED) is 0.457. The molecule has 6 nitrogen and oxygen atoms in total. The highest BCUT2D eigenvalue weighted by Crippen LogP contribution is 2.10. The fourth-order valence-electron chi connectivity index (χ4n) is 2.22. The zero-order chi connectivity index (χ0) is 16.5. The minimum Gasteiger partial charge on any atom is -0.379 e. The minimum absolute atomic E-state index is 0.541. The van der Waals surface area contributed by atoms with Crippen LogP contribution in [0.15, 0.2) is 29.4 Å². The average Bonchev–Trinajstić information content (AvgIpc) is 2.56. The van der Waals surface area contributed by atoms with Gasteiger partial charge in [0, 0.05) is 46.0 Å². The predicted molar refractivity (Wildman–Crippen MR) is 99.4 cm³/mol. The maximum absolute atomic E-state index is 5.32. The highest BCUT2D eigenvalue weighted by Gasteiger charge is 2.09. The molecular weight excluding hydrogens is 310 g/mol. The van der Waals surface area contributed by atoms with Crippen molar-refractivity contribution in [1.82, 2.24) is 15.6 Å². The summed E-state index contributed by atoms with van der Waals surface area (Å²) in [6, 6.07) is 8.16. The van der Waals surface area contributed by atoms with E-state index in [2.05, 4.69) is 37.8 Å².